The number of carbonyl (C=O) groups is 3. The van der Waals surface area contributed by atoms with Gasteiger partial charge in [0.2, 0.25) is 11.8 Å². The number of carboxylic acid groups (broad SMARTS) is 1. The van der Waals surface area contributed by atoms with Crippen LogP contribution in [0.3, 0.4) is 0 Å². The van der Waals surface area contributed by atoms with Gasteiger partial charge in [0, 0.05) is 12.1 Å². The van der Waals surface area contributed by atoms with Gasteiger partial charge in [-0.15, -0.1) is 0 Å². The summed E-state index contributed by atoms with van der Waals surface area (Å²) in [5.74, 6) is -0.291. The summed E-state index contributed by atoms with van der Waals surface area (Å²) in [5, 5.41) is 9.73. The highest BCUT2D eigenvalue weighted by Crippen LogP contribution is 2.15. The number of rotatable bonds is 5. The van der Waals surface area contributed by atoms with Crippen LogP contribution in [0.2, 0.25) is 0 Å². The summed E-state index contributed by atoms with van der Waals surface area (Å²) in [4.78, 5) is 37.4. The van der Waals surface area contributed by atoms with E-state index in [4.69, 9.17) is 15.6 Å². The molecule has 0 aromatic carbocycles. The molecule has 1 saturated heterocycles. The molecule has 2 rings (SSSR count). The van der Waals surface area contributed by atoms with Crippen LogP contribution in [0.15, 0.2) is 24.4 Å². The molecule has 0 atom stereocenters. The van der Waals surface area contributed by atoms with Crippen molar-refractivity contribution >= 4 is 18.3 Å². The molecule has 0 saturated carbocycles. The Morgan fingerprint density at radius 3 is 2.57 bits per heavy atom. The van der Waals surface area contributed by atoms with E-state index in [0.29, 0.717) is 13.1 Å². The van der Waals surface area contributed by atoms with E-state index in [1.165, 1.54) is 0 Å². The van der Waals surface area contributed by atoms with Gasteiger partial charge in [-0.2, -0.15) is 0 Å². The first kappa shape index (κ1) is 18.6. The first-order valence-electron chi connectivity index (χ1n) is 7.33. The lowest BCUT2D eigenvalue weighted by molar-refractivity contribution is -0.125. The van der Waals surface area contributed by atoms with E-state index in [-0.39, 0.29) is 24.2 Å². The summed E-state index contributed by atoms with van der Waals surface area (Å²) < 4.78 is 0. The summed E-state index contributed by atoms with van der Waals surface area (Å²) in [6.45, 7) is 2.03. The highest BCUT2D eigenvalue weighted by molar-refractivity contribution is 5.78. The topological polar surface area (TPSA) is 126 Å². The second-order valence-corrected chi connectivity index (χ2v) is 5.16. The second kappa shape index (κ2) is 10.3. The van der Waals surface area contributed by atoms with E-state index in [0.717, 1.165) is 31.6 Å². The molecule has 126 valence electrons. The summed E-state index contributed by atoms with van der Waals surface area (Å²) in [7, 11) is 0. The zero-order valence-electron chi connectivity index (χ0n) is 12.9. The third-order valence-corrected chi connectivity index (χ3v) is 3.55. The molecule has 0 spiro atoms. The molecule has 1 aromatic rings. The third-order valence-electron chi connectivity index (χ3n) is 3.55. The average Bonchev–Trinajstić information content (AvgIpc) is 2.55. The van der Waals surface area contributed by atoms with Crippen molar-refractivity contribution in [2.45, 2.75) is 19.4 Å². The maximum Gasteiger partial charge on any atom is 0.290 e. The number of amides is 2. The number of piperidine rings is 1. The minimum absolute atomic E-state index is 0.0202. The summed E-state index contributed by atoms with van der Waals surface area (Å²) in [5.41, 5.74) is 6.12. The minimum Gasteiger partial charge on any atom is -0.483 e. The minimum atomic E-state index is -0.250. The van der Waals surface area contributed by atoms with Crippen molar-refractivity contribution in [1.29, 1.82) is 0 Å². The van der Waals surface area contributed by atoms with E-state index in [1.807, 2.05) is 23.1 Å². The van der Waals surface area contributed by atoms with E-state index in [1.54, 1.807) is 6.20 Å². The summed E-state index contributed by atoms with van der Waals surface area (Å²) >= 11 is 0. The van der Waals surface area contributed by atoms with Crippen LogP contribution in [-0.2, 0) is 20.9 Å². The normalized spacial score (nSPS) is 15.1. The molecule has 1 aromatic heterocycles. The predicted molar refractivity (Wildman–Crippen MR) is 83.1 cm³/mol. The lowest BCUT2D eigenvalue weighted by atomic mass is 9.96. The lowest BCUT2D eigenvalue weighted by Crippen LogP contribution is -2.43. The van der Waals surface area contributed by atoms with Crippen LogP contribution >= 0.6 is 0 Å². The molecular weight excluding hydrogens is 300 g/mol. The lowest BCUT2D eigenvalue weighted by Gasteiger charge is -2.29. The Bertz CT molecular complexity index is 501. The van der Waals surface area contributed by atoms with Gasteiger partial charge in [0.1, 0.15) is 0 Å². The van der Waals surface area contributed by atoms with E-state index in [2.05, 4.69) is 10.3 Å². The van der Waals surface area contributed by atoms with Crippen LogP contribution in [0, 0.1) is 5.92 Å². The van der Waals surface area contributed by atoms with Crippen molar-refractivity contribution in [2.75, 3.05) is 19.6 Å². The monoisotopic (exact) mass is 322 g/mol. The number of pyridine rings is 1. The molecule has 1 aliphatic rings. The van der Waals surface area contributed by atoms with E-state index < -0.39 is 0 Å². The number of nitrogens with two attached hydrogens (primary N) is 1. The summed E-state index contributed by atoms with van der Waals surface area (Å²) in [6.07, 6.45) is 3.18. The zero-order chi connectivity index (χ0) is 17.1. The average molecular weight is 322 g/mol. The zero-order valence-corrected chi connectivity index (χ0v) is 12.9. The number of aromatic nitrogens is 1. The van der Waals surface area contributed by atoms with Crippen LogP contribution in [0.25, 0.3) is 0 Å². The Hall–Kier alpha value is -2.48. The van der Waals surface area contributed by atoms with E-state index >= 15 is 0 Å². The number of hydrogen-bond donors (Lipinski definition) is 3. The fourth-order valence-electron chi connectivity index (χ4n) is 2.33. The van der Waals surface area contributed by atoms with Gasteiger partial charge in [-0.3, -0.25) is 24.3 Å². The van der Waals surface area contributed by atoms with Gasteiger partial charge in [-0.25, -0.2) is 0 Å². The number of carbonyl (C=O) groups excluding carboxylic acids is 2. The Morgan fingerprint density at radius 1 is 1.39 bits per heavy atom. The fraction of sp³-hybridized carbons (Fsp3) is 0.467. The second-order valence-electron chi connectivity index (χ2n) is 5.16. The Morgan fingerprint density at radius 2 is 2.04 bits per heavy atom. The van der Waals surface area contributed by atoms with Crippen LogP contribution in [0.4, 0.5) is 0 Å². The molecule has 4 N–H and O–H groups in total. The largest absolute Gasteiger partial charge is 0.483 e. The number of likely N-dealkylation sites (tertiary alicyclic amines) is 1. The molecule has 1 aliphatic heterocycles. The molecular formula is C15H22N4O4. The van der Waals surface area contributed by atoms with Crippen molar-refractivity contribution in [3.63, 3.8) is 0 Å². The van der Waals surface area contributed by atoms with Crippen molar-refractivity contribution in [3.05, 3.63) is 30.1 Å². The van der Waals surface area contributed by atoms with Gasteiger partial charge in [0.05, 0.1) is 18.8 Å². The number of hydrogen-bond acceptors (Lipinski definition) is 5. The smallest absolute Gasteiger partial charge is 0.290 e. The van der Waals surface area contributed by atoms with Crippen LogP contribution in [0.5, 0.6) is 0 Å². The molecule has 2 amide bonds. The van der Waals surface area contributed by atoms with Gasteiger partial charge in [-0.1, -0.05) is 6.07 Å². The highest BCUT2D eigenvalue weighted by Gasteiger charge is 2.23. The quantitative estimate of drug-likeness (QED) is 0.633. The van der Waals surface area contributed by atoms with Crippen molar-refractivity contribution < 1.29 is 19.5 Å². The summed E-state index contributed by atoms with van der Waals surface area (Å²) in [6, 6.07) is 5.61. The predicted octanol–water partition coefficient (Wildman–Crippen LogP) is -0.404. The number of nitrogens with one attached hydrogen (secondary N) is 1. The number of primary amides is 1. The van der Waals surface area contributed by atoms with Gasteiger partial charge >= 0.3 is 0 Å². The van der Waals surface area contributed by atoms with Crippen molar-refractivity contribution in [3.8, 4) is 0 Å². The van der Waals surface area contributed by atoms with Crippen molar-refractivity contribution in [2.24, 2.45) is 11.7 Å². The van der Waals surface area contributed by atoms with E-state index in [9.17, 15) is 9.59 Å². The van der Waals surface area contributed by atoms with Crippen LogP contribution in [0.1, 0.15) is 18.5 Å². The van der Waals surface area contributed by atoms with Crippen LogP contribution < -0.4 is 11.1 Å². The maximum atomic E-state index is 11.8. The van der Waals surface area contributed by atoms with Gasteiger partial charge < -0.3 is 16.2 Å². The Kier molecular flexibility index (Phi) is 8.30. The van der Waals surface area contributed by atoms with Crippen molar-refractivity contribution in [1.82, 2.24) is 15.2 Å². The molecule has 0 aliphatic carbocycles. The van der Waals surface area contributed by atoms with Gasteiger partial charge in [0.25, 0.3) is 6.47 Å². The van der Waals surface area contributed by atoms with Gasteiger partial charge in [0.15, 0.2) is 0 Å². The van der Waals surface area contributed by atoms with Gasteiger partial charge in [-0.05, 0) is 38.1 Å². The molecule has 8 heteroatoms. The Balaban J connectivity index is 0.000000816. The first-order chi connectivity index (χ1) is 11.1. The molecule has 1 fully saturated rings. The molecule has 0 radical (unpaired) electrons. The number of nitrogens with zero attached hydrogens (tertiary/aromatic N) is 2. The molecule has 0 unspecified atom stereocenters. The standard InChI is InChI=1S/C14H20N4O2.CH2O2/c15-14(20)11-4-7-18(8-5-11)10-13(19)17-9-12-3-1-2-6-16-12;2-1-3/h1-3,6,11H,4-5,7-10H2,(H2,15,20)(H,17,19);1H,(H,2,3). The van der Waals surface area contributed by atoms with Crippen LogP contribution in [-0.4, -0.2) is 52.9 Å². The molecule has 8 nitrogen and oxygen atoms in total. The maximum absolute atomic E-state index is 11.8. The first-order valence-corrected chi connectivity index (χ1v) is 7.33. The third kappa shape index (κ3) is 7.37. The molecule has 2 heterocycles. The highest BCUT2D eigenvalue weighted by atomic mass is 16.3. The molecule has 0 bridgehead atoms. The SMILES string of the molecule is NC(=O)C1CCN(CC(=O)NCc2ccccn2)CC1.O=CO. The Labute approximate surface area is 134 Å². The fourth-order valence-corrected chi connectivity index (χ4v) is 2.33. The molecule has 23 heavy (non-hydrogen) atoms.